The van der Waals surface area contributed by atoms with Crippen molar-refractivity contribution in [3.05, 3.63) is 66.2 Å². The number of aldehydes is 1. The number of benzene rings is 1. The zero-order valence-electron chi connectivity index (χ0n) is 12.9. The Morgan fingerprint density at radius 3 is 2.58 bits per heavy atom. The van der Waals surface area contributed by atoms with E-state index in [0.29, 0.717) is 23.5 Å². The first kappa shape index (κ1) is 15.5. The Hall–Kier alpha value is -3.41. The third-order valence-corrected chi connectivity index (χ3v) is 3.31. The number of hydrogen-bond acceptors (Lipinski definition) is 5. The number of amides is 1. The van der Waals surface area contributed by atoms with Crippen LogP contribution in [0.3, 0.4) is 0 Å². The van der Waals surface area contributed by atoms with Crippen LogP contribution in [-0.2, 0) is 0 Å². The number of pyridine rings is 1. The molecule has 1 aromatic carbocycles. The SMILES string of the molecule is CNC(=O)c1cc(Oc2ccc(-c3ccc(C=O)o3)cc2)ccn1. The fraction of sp³-hybridized carbons (Fsp3) is 0.0556. The fourth-order valence-corrected chi connectivity index (χ4v) is 2.12. The molecule has 6 nitrogen and oxygen atoms in total. The van der Waals surface area contributed by atoms with Crippen LogP contribution in [0.2, 0.25) is 0 Å². The molecule has 24 heavy (non-hydrogen) atoms. The molecule has 2 heterocycles. The average molecular weight is 322 g/mol. The van der Waals surface area contributed by atoms with Crippen molar-refractivity contribution < 1.29 is 18.7 Å². The monoisotopic (exact) mass is 322 g/mol. The molecule has 0 spiro atoms. The van der Waals surface area contributed by atoms with Crippen LogP contribution in [0.1, 0.15) is 21.0 Å². The van der Waals surface area contributed by atoms with Gasteiger partial charge in [-0.25, -0.2) is 0 Å². The molecular weight excluding hydrogens is 308 g/mol. The van der Waals surface area contributed by atoms with E-state index in [4.69, 9.17) is 9.15 Å². The summed E-state index contributed by atoms with van der Waals surface area (Å²) in [5.74, 6) is 1.73. The second kappa shape index (κ2) is 6.78. The molecule has 0 unspecified atom stereocenters. The molecule has 0 radical (unpaired) electrons. The highest BCUT2D eigenvalue weighted by molar-refractivity contribution is 5.92. The van der Waals surface area contributed by atoms with Crippen LogP contribution in [0.15, 0.2) is 59.1 Å². The molecular formula is C18H14N2O4. The van der Waals surface area contributed by atoms with E-state index in [1.54, 1.807) is 43.4 Å². The van der Waals surface area contributed by atoms with Crippen molar-refractivity contribution in [2.45, 2.75) is 0 Å². The van der Waals surface area contributed by atoms with E-state index in [9.17, 15) is 9.59 Å². The van der Waals surface area contributed by atoms with Gasteiger partial charge < -0.3 is 14.5 Å². The van der Waals surface area contributed by atoms with Crippen LogP contribution in [0.4, 0.5) is 0 Å². The molecule has 0 saturated carbocycles. The number of rotatable bonds is 5. The van der Waals surface area contributed by atoms with Gasteiger partial charge in [-0.1, -0.05) is 0 Å². The fourth-order valence-electron chi connectivity index (χ4n) is 2.12. The second-order valence-electron chi connectivity index (χ2n) is 4.90. The smallest absolute Gasteiger partial charge is 0.269 e. The largest absolute Gasteiger partial charge is 0.457 e. The van der Waals surface area contributed by atoms with Crippen molar-refractivity contribution in [2.24, 2.45) is 0 Å². The van der Waals surface area contributed by atoms with Gasteiger partial charge in [-0.2, -0.15) is 0 Å². The highest BCUT2D eigenvalue weighted by Gasteiger charge is 2.08. The Bertz CT molecular complexity index is 869. The molecule has 0 bridgehead atoms. The minimum Gasteiger partial charge on any atom is -0.457 e. The normalized spacial score (nSPS) is 10.2. The van der Waals surface area contributed by atoms with Crippen LogP contribution >= 0.6 is 0 Å². The summed E-state index contributed by atoms with van der Waals surface area (Å²) in [4.78, 5) is 26.2. The lowest BCUT2D eigenvalue weighted by Gasteiger charge is -2.07. The summed E-state index contributed by atoms with van der Waals surface area (Å²) in [6.07, 6.45) is 2.17. The number of furan rings is 1. The Morgan fingerprint density at radius 2 is 1.92 bits per heavy atom. The standard InChI is InChI=1S/C18H14N2O4/c1-19-18(22)16-10-14(8-9-20-16)23-13-4-2-12(3-5-13)17-7-6-15(11-21)24-17/h2-11H,1H3,(H,19,22). The van der Waals surface area contributed by atoms with Crippen LogP contribution in [0.25, 0.3) is 11.3 Å². The number of carbonyl (C=O) groups excluding carboxylic acids is 2. The lowest BCUT2D eigenvalue weighted by molar-refractivity contribution is 0.0957. The van der Waals surface area contributed by atoms with Gasteiger partial charge in [0, 0.05) is 24.9 Å². The molecule has 0 aliphatic rings. The second-order valence-corrected chi connectivity index (χ2v) is 4.90. The van der Waals surface area contributed by atoms with E-state index < -0.39 is 0 Å². The van der Waals surface area contributed by atoms with E-state index in [1.165, 1.54) is 6.20 Å². The first-order valence-electron chi connectivity index (χ1n) is 7.21. The number of hydrogen-bond donors (Lipinski definition) is 1. The Balaban J connectivity index is 1.77. The van der Waals surface area contributed by atoms with Crippen LogP contribution in [0, 0.1) is 0 Å². The lowest BCUT2D eigenvalue weighted by Crippen LogP contribution is -2.18. The zero-order chi connectivity index (χ0) is 16.9. The van der Waals surface area contributed by atoms with Gasteiger partial charge in [-0.3, -0.25) is 14.6 Å². The highest BCUT2D eigenvalue weighted by atomic mass is 16.5. The molecule has 2 aromatic heterocycles. The van der Waals surface area contributed by atoms with Gasteiger partial charge in [0.15, 0.2) is 12.0 Å². The number of ether oxygens (including phenoxy) is 1. The third kappa shape index (κ3) is 3.33. The quantitative estimate of drug-likeness (QED) is 0.729. The van der Waals surface area contributed by atoms with E-state index in [2.05, 4.69) is 10.3 Å². The summed E-state index contributed by atoms with van der Waals surface area (Å²) >= 11 is 0. The minimum atomic E-state index is -0.278. The number of aromatic nitrogens is 1. The van der Waals surface area contributed by atoms with Crippen molar-refractivity contribution in [1.82, 2.24) is 10.3 Å². The Kier molecular flexibility index (Phi) is 4.38. The summed E-state index contributed by atoms with van der Waals surface area (Å²) in [5.41, 5.74) is 1.11. The van der Waals surface area contributed by atoms with E-state index in [0.717, 1.165) is 5.56 Å². The van der Waals surface area contributed by atoms with E-state index >= 15 is 0 Å². The predicted octanol–water partition coefficient (Wildman–Crippen LogP) is 3.31. The summed E-state index contributed by atoms with van der Waals surface area (Å²) in [6, 6.07) is 13.8. The first-order chi connectivity index (χ1) is 11.7. The molecule has 0 saturated heterocycles. The maximum atomic E-state index is 11.6. The number of nitrogens with zero attached hydrogens (tertiary/aromatic N) is 1. The van der Waals surface area contributed by atoms with Gasteiger partial charge in [0.1, 0.15) is 23.0 Å². The molecule has 1 N–H and O–H groups in total. The molecule has 0 fully saturated rings. The third-order valence-electron chi connectivity index (χ3n) is 3.31. The summed E-state index contributed by atoms with van der Waals surface area (Å²) < 4.78 is 11.1. The van der Waals surface area contributed by atoms with Crippen molar-refractivity contribution in [2.75, 3.05) is 7.05 Å². The topological polar surface area (TPSA) is 81.4 Å². The van der Waals surface area contributed by atoms with Gasteiger partial charge in [0.05, 0.1) is 0 Å². The van der Waals surface area contributed by atoms with Gasteiger partial charge in [-0.15, -0.1) is 0 Å². The van der Waals surface area contributed by atoms with E-state index in [1.807, 2.05) is 12.1 Å². The van der Waals surface area contributed by atoms with E-state index in [-0.39, 0.29) is 17.4 Å². The zero-order valence-corrected chi connectivity index (χ0v) is 12.9. The molecule has 0 atom stereocenters. The van der Waals surface area contributed by atoms with Crippen LogP contribution < -0.4 is 10.1 Å². The predicted molar refractivity (Wildman–Crippen MR) is 87.2 cm³/mol. The molecule has 0 aliphatic heterocycles. The van der Waals surface area contributed by atoms with Gasteiger partial charge in [0.25, 0.3) is 5.91 Å². The van der Waals surface area contributed by atoms with Crippen LogP contribution in [0.5, 0.6) is 11.5 Å². The summed E-state index contributed by atoms with van der Waals surface area (Å²) in [5, 5.41) is 2.51. The van der Waals surface area contributed by atoms with Crippen LogP contribution in [-0.4, -0.2) is 24.2 Å². The van der Waals surface area contributed by atoms with Gasteiger partial charge >= 0.3 is 0 Å². The van der Waals surface area contributed by atoms with Crippen molar-refractivity contribution in [3.8, 4) is 22.8 Å². The Morgan fingerprint density at radius 1 is 1.12 bits per heavy atom. The number of carbonyl (C=O) groups is 2. The minimum absolute atomic E-state index is 0.278. The molecule has 0 aliphatic carbocycles. The summed E-state index contributed by atoms with van der Waals surface area (Å²) in [7, 11) is 1.54. The maximum absolute atomic E-state index is 11.6. The maximum Gasteiger partial charge on any atom is 0.269 e. The average Bonchev–Trinajstić information content (AvgIpc) is 3.11. The summed E-state index contributed by atoms with van der Waals surface area (Å²) in [6.45, 7) is 0. The van der Waals surface area contributed by atoms with Gasteiger partial charge in [-0.05, 0) is 42.5 Å². The Labute approximate surface area is 138 Å². The molecule has 120 valence electrons. The van der Waals surface area contributed by atoms with Crippen molar-refractivity contribution in [1.29, 1.82) is 0 Å². The molecule has 6 heteroatoms. The highest BCUT2D eigenvalue weighted by Crippen LogP contribution is 2.27. The molecule has 3 rings (SSSR count). The van der Waals surface area contributed by atoms with Crippen molar-refractivity contribution >= 4 is 12.2 Å². The van der Waals surface area contributed by atoms with Gasteiger partial charge in [0.2, 0.25) is 0 Å². The molecule has 3 aromatic rings. The molecule has 1 amide bonds. The lowest BCUT2D eigenvalue weighted by atomic mass is 10.2. The first-order valence-corrected chi connectivity index (χ1v) is 7.21. The van der Waals surface area contributed by atoms with Crippen molar-refractivity contribution in [3.63, 3.8) is 0 Å². The number of nitrogens with one attached hydrogen (secondary N) is 1.